The monoisotopic (exact) mass is 498 g/mol. The maximum Gasteiger partial charge on any atom is 0.324 e. The van der Waals surface area contributed by atoms with Crippen LogP contribution in [0.3, 0.4) is 0 Å². The molecule has 4 saturated carbocycles. The van der Waals surface area contributed by atoms with Gasteiger partial charge in [-0.3, -0.25) is 15.0 Å². The number of amides is 3. The average Bonchev–Trinajstić information content (AvgIpc) is 3.11. The Morgan fingerprint density at radius 1 is 1.06 bits per heavy atom. The van der Waals surface area contributed by atoms with E-state index in [1.54, 1.807) is 24.3 Å². The van der Waals surface area contributed by atoms with E-state index in [0.29, 0.717) is 26.7 Å². The fourth-order valence-electron chi connectivity index (χ4n) is 7.70. The Hall–Kier alpha value is -2.09. The summed E-state index contributed by atoms with van der Waals surface area (Å²) in [5.74, 6) is 2.37. The first kappa shape index (κ1) is 22.4. The van der Waals surface area contributed by atoms with Crippen LogP contribution in [0, 0.1) is 23.2 Å². The number of halogens is 1. The lowest BCUT2D eigenvalue weighted by atomic mass is 9.49. The summed E-state index contributed by atoms with van der Waals surface area (Å²) in [6, 6.07) is 6.51. The first-order chi connectivity index (χ1) is 16.4. The zero-order chi connectivity index (χ0) is 23.4. The van der Waals surface area contributed by atoms with Gasteiger partial charge in [0.2, 0.25) is 0 Å². The number of fused-ring (bicyclic) bond motifs is 1. The van der Waals surface area contributed by atoms with Crippen LogP contribution >= 0.6 is 22.9 Å². The lowest BCUT2D eigenvalue weighted by Gasteiger charge is -2.58. The van der Waals surface area contributed by atoms with Crippen LogP contribution in [0.4, 0.5) is 15.5 Å². The van der Waals surface area contributed by atoms with Gasteiger partial charge in [-0.2, -0.15) is 0 Å². The number of carbonyl (C=O) groups is 2. The molecule has 4 bridgehead atoms. The molecule has 3 amide bonds. The average molecular weight is 499 g/mol. The number of urea groups is 1. The summed E-state index contributed by atoms with van der Waals surface area (Å²) in [5, 5.41) is 6.81. The van der Waals surface area contributed by atoms with Crippen LogP contribution < -0.4 is 16.4 Å². The van der Waals surface area contributed by atoms with Crippen molar-refractivity contribution < 1.29 is 9.59 Å². The zero-order valence-corrected chi connectivity index (χ0v) is 20.8. The second-order valence-corrected chi connectivity index (χ2v) is 12.6. The number of thiophene rings is 1. The molecule has 0 radical (unpaired) electrons. The van der Waals surface area contributed by atoms with Crippen LogP contribution in [0.5, 0.6) is 0 Å². The Balaban J connectivity index is 1.17. The van der Waals surface area contributed by atoms with E-state index in [1.165, 1.54) is 56.4 Å². The number of benzene rings is 1. The standard InChI is InChI=1S/C26H31ClN4O2S/c27-18-1-3-19(4-2-18)29-25(33)30-24-22(23(28)32)20-5-6-31(13-21(20)34-24)14-26-10-15-7-16(11-26)9-17(8-15)12-26/h1-4,15-17H,5-14H2,(H2,28,32)(H2,29,30,33). The summed E-state index contributed by atoms with van der Waals surface area (Å²) in [7, 11) is 0. The molecule has 1 aromatic heterocycles. The van der Waals surface area contributed by atoms with Gasteiger partial charge in [-0.1, -0.05) is 11.6 Å². The Morgan fingerprint density at radius 3 is 2.32 bits per heavy atom. The van der Waals surface area contributed by atoms with Crippen LogP contribution in [0.2, 0.25) is 5.02 Å². The SMILES string of the molecule is NC(=O)c1c(NC(=O)Nc2ccc(Cl)cc2)sc2c1CCN(CC13CC4CC(CC(C4)C1)C3)C2. The third kappa shape index (κ3) is 4.23. The molecule has 5 aliphatic rings. The first-order valence-corrected chi connectivity index (χ1v) is 13.6. The number of nitrogens with zero attached hydrogens (tertiary/aromatic N) is 1. The number of nitrogens with one attached hydrogen (secondary N) is 2. The summed E-state index contributed by atoms with van der Waals surface area (Å²) in [4.78, 5) is 28.7. The maximum absolute atomic E-state index is 12.6. The molecule has 1 aromatic carbocycles. The highest BCUT2D eigenvalue weighted by atomic mass is 35.5. The summed E-state index contributed by atoms with van der Waals surface area (Å²) in [6.45, 7) is 2.95. The number of hydrogen-bond acceptors (Lipinski definition) is 4. The third-order valence-corrected chi connectivity index (χ3v) is 9.82. The summed E-state index contributed by atoms with van der Waals surface area (Å²) in [6.07, 6.45) is 9.39. The highest BCUT2D eigenvalue weighted by Gasteiger charge is 2.51. The molecule has 0 saturated heterocycles. The lowest BCUT2D eigenvalue weighted by Crippen LogP contribution is -2.51. The van der Waals surface area contributed by atoms with E-state index in [1.807, 2.05) is 0 Å². The molecular formula is C26H31ClN4O2S. The van der Waals surface area contributed by atoms with E-state index < -0.39 is 11.9 Å². The van der Waals surface area contributed by atoms with Crippen molar-refractivity contribution in [3.63, 3.8) is 0 Å². The molecule has 4 fully saturated rings. The number of rotatable bonds is 5. The molecule has 0 spiro atoms. The van der Waals surface area contributed by atoms with Crippen molar-refractivity contribution in [3.05, 3.63) is 45.3 Å². The smallest absolute Gasteiger partial charge is 0.324 e. The fourth-order valence-corrected chi connectivity index (χ4v) is 9.11. The van der Waals surface area contributed by atoms with Crippen LogP contribution in [0.15, 0.2) is 24.3 Å². The van der Waals surface area contributed by atoms with E-state index in [2.05, 4.69) is 15.5 Å². The minimum absolute atomic E-state index is 0.395. The molecule has 6 nitrogen and oxygen atoms in total. The molecule has 1 aliphatic heterocycles. The van der Waals surface area contributed by atoms with Crippen molar-refractivity contribution in [3.8, 4) is 0 Å². The number of carbonyl (C=O) groups excluding carboxylic acids is 2. The van der Waals surface area contributed by atoms with Crippen molar-refractivity contribution in [2.75, 3.05) is 23.7 Å². The van der Waals surface area contributed by atoms with Crippen LogP contribution in [-0.2, 0) is 13.0 Å². The Morgan fingerprint density at radius 2 is 1.71 bits per heavy atom. The lowest BCUT2D eigenvalue weighted by molar-refractivity contribution is -0.0706. The fraction of sp³-hybridized carbons (Fsp3) is 0.538. The zero-order valence-electron chi connectivity index (χ0n) is 19.2. The van der Waals surface area contributed by atoms with Gasteiger partial charge in [-0.05, 0) is 97.9 Å². The molecule has 4 N–H and O–H groups in total. The van der Waals surface area contributed by atoms with E-state index >= 15 is 0 Å². The second-order valence-electron chi connectivity index (χ2n) is 11.0. The van der Waals surface area contributed by atoms with Crippen LogP contribution in [0.1, 0.15) is 59.3 Å². The predicted molar refractivity (Wildman–Crippen MR) is 137 cm³/mol. The van der Waals surface area contributed by atoms with E-state index in [9.17, 15) is 9.59 Å². The van der Waals surface area contributed by atoms with Crippen LogP contribution in [0.25, 0.3) is 0 Å². The number of anilines is 2. The molecule has 7 rings (SSSR count). The second kappa shape index (κ2) is 8.54. The highest BCUT2D eigenvalue weighted by Crippen LogP contribution is 2.60. The Kier molecular flexibility index (Phi) is 5.62. The molecule has 2 heterocycles. The molecule has 2 aromatic rings. The van der Waals surface area contributed by atoms with Crippen molar-refractivity contribution in [2.45, 2.75) is 51.5 Å². The van der Waals surface area contributed by atoms with Gasteiger partial charge in [0.25, 0.3) is 5.91 Å². The molecule has 0 unspecified atom stereocenters. The van der Waals surface area contributed by atoms with Crippen molar-refractivity contribution in [1.82, 2.24) is 4.90 Å². The predicted octanol–water partition coefficient (Wildman–Crippen LogP) is 5.72. The van der Waals surface area contributed by atoms with E-state index in [4.69, 9.17) is 17.3 Å². The molecule has 8 heteroatoms. The normalized spacial score (nSPS) is 29.6. The topological polar surface area (TPSA) is 87.5 Å². The van der Waals surface area contributed by atoms with Crippen molar-refractivity contribution in [2.24, 2.45) is 28.9 Å². The van der Waals surface area contributed by atoms with Gasteiger partial charge in [0.1, 0.15) is 5.00 Å². The van der Waals surface area contributed by atoms with E-state index in [0.717, 1.165) is 47.7 Å². The third-order valence-electron chi connectivity index (χ3n) is 8.44. The molecule has 34 heavy (non-hydrogen) atoms. The van der Waals surface area contributed by atoms with Gasteiger partial charge in [0.15, 0.2) is 0 Å². The molecule has 0 atom stereocenters. The number of primary amides is 1. The maximum atomic E-state index is 12.6. The van der Waals surface area contributed by atoms with E-state index in [-0.39, 0.29) is 0 Å². The van der Waals surface area contributed by atoms with Gasteiger partial charge in [0.05, 0.1) is 5.56 Å². The highest BCUT2D eigenvalue weighted by molar-refractivity contribution is 7.17. The van der Waals surface area contributed by atoms with Gasteiger partial charge < -0.3 is 11.1 Å². The van der Waals surface area contributed by atoms with Gasteiger partial charge in [0, 0.05) is 35.2 Å². The van der Waals surface area contributed by atoms with Gasteiger partial charge in [-0.25, -0.2) is 4.79 Å². The Bertz CT molecular complexity index is 1090. The quantitative estimate of drug-likeness (QED) is 0.492. The van der Waals surface area contributed by atoms with Crippen molar-refractivity contribution in [1.29, 1.82) is 0 Å². The van der Waals surface area contributed by atoms with Gasteiger partial charge >= 0.3 is 6.03 Å². The summed E-state index contributed by atoms with van der Waals surface area (Å²) in [5.41, 5.74) is 8.38. The minimum atomic E-state index is -0.478. The minimum Gasteiger partial charge on any atom is -0.365 e. The summed E-state index contributed by atoms with van der Waals surface area (Å²) < 4.78 is 0. The first-order valence-electron chi connectivity index (χ1n) is 12.4. The number of nitrogens with two attached hydrogens (primary N) is 1. The molecule has 180 valence electrons. The molecule has 4 aliphatic carbocycles. The Labute approximate surface area is 209 Å². The van der Waals surface area contributed by atoms with Crippen molar-refractivity contribution >= 4 is 45.6 Å². The molecular weight excluding hydrogens is 468 g/mol. The van der Waals surface area contributed by atoms with Gasteiger partial charge in [-0.15, -0.1) is 11.3 Å². The largest absolute Gasteiger partial charge is 0.365 e. The summed E-state index contributed by atoms with van der Waals surface area (Å²) >= 11 is 7.41. The van der Waals surface area contributed by atoms with Crippen LogP contribution in [-0.4, -0.2) is 29.9 Å². The number of hydrogen-bond donors (Lipinski definition) is 3.